The maximum atomic E-state index is 13.2. The molecule has 1 aliphatic rings. The summed E-state index contributed by atoms with van der Waals surface area (Å²) in [7, 11) is 3.31. The third-order valence-electron chi connectivity index (χ3n) is 5.70. The molecule has 31 heavy (non-hydrogen) atoms. The van der Waals surface area contributed by atoms with Crippen molar-refractivity contribution >= 4 is 18.0 Å². The van der Waals surface area contributed by atoms with Crippen LogP contribution in [0.2, 0.25) is 0 Å². The molecule has 1 saturated heterocycles. The first-order valence-corrected chi connectivity index (χ1v) is 10.5. The van der Waals surface area contributed by atoms with Crippen molar-refractivity contribution in [3.8, 4) is 5.75 Å². The number of hydrogen-bond acceptors (Lipinski definition) is 5. The van der Waals surface area contributed by atoms with Gasteiger partial charge in [0.1, 0.15) is 11.4 Å². The number of carbonyl (C=O) groups excluding carboxylic acids is 3. The van der Waals surface area contributed by atoms with Crippen LogP contribution in [-0.4, -0.2) is 71.1 Å². The molecule has 0 radical (unpaired) electrons. The van der Waals surface area contributed by atoms with Crippen LogP contribution in [-0.2, 0) is 16.1 Å². The lowest BCUT2D eigenvalue weighted by molar-refractivity contribution is -0.127. The number of hydrogen-bond donors (Lipinski definition) is 0. The Kier molecular flexibility index (Phi) is 7.57. The van der Waals surface area contributed by atoms with E-state index in [0.29, 0.717) is 31.7 Å². The number of rotatable bonds is 4. The van der Waals surface area contributed by atoms with E-state index < -0.39 is 11.1 Å². The van der Waals surface area contributed by atoms with Gasteiger partial charge < -0.3 is 19.3 Å². The third-order valence-corrected chi connectivity index (χ3v) is 5.70. The number of likely N-dealkylation sites (tertiary alicyclic amines) is 1. The van der Waals surface area contributed by atoms with Crippen molar-refractivity contribution in [2.24, 2.45) is 0 Å². The fourth-order valence-electron chi connectivity index (χ4n) is 3.47. The Morgan fingerprint density at radius 2 is 1.65 bits per heavy atom. The highest BCUT2D eigenvalue weighted by molar-refractivity contribution is 5.93. The van der Waals surface area contributed by atoms with Gasteiger partial charge in [0.05, 0.1) is 13.7 Å². The largest absolute Gasteiger partial charge is 0.497 e. The molecule has 0 unspecified atom stereocenters. The second-order valence-corrected chi connectivity index (χ2v) is 9.26. The first-order valence-electron chi connectivity index (χ1n) is 10.5. The van der Waals surface area contributed by atoms with E-state index >= 15 is 0 Å². The lowest BCUT2D eigenvalue weighted by Crippen LogP contribution is -2.58. The van der Waals surface area contributed by atoms with Crippen LogP contribution in [0.1, 0.15) is 53.0 Å². The molecule has 8 heteroatoms. The number of carbonyl (C=O) groups is 3. The molecule has 1 aromatic rings. The molecule has 1 aromatic carbocycles. The van der Waals surface area contributed by atoms with Crippen LogP contribution in [0, 0.1) is 0 Å². The van der Waals surface area contributed by atoms with Gasteiger partial charge in [-0.2, -0.15) is 0 Å². The molecular weight excluding hydrogens is 398 g/mol. The Labute approximate surface area is 185 Å². The van der Waals surface area contributed by atoms with Crippen molar-refractivity contribution in [3.63, 3.8) is 0 Å². The fraction of sp³-hybridized carbons (Fsp3) is 0.609. The molecule has 172 valence electrons. The van der Waals surface area contributed by atoms with E-state index in [-0.39, 0.29) is 24.6 Å². The standard InChI is InChI=1S/C23H35N3O5/c1-17(27)26(16-18-8-10-19(30-7)11-9-18)20(28)24(6)23(5)12-14-25(15-13-23)21(29)31-22(2,3)4/h8-11H,12-16H2,1-7H3. The first kappa shape index (κ1) is 24.5. The second kappa shape index (κ2) is 9.58. The number of imide groups is 1. The smallest absolute Gasteiger partial charge is 0.410 e. The summed E-state index contributed by atoms with van der Waals surface area (Å²) < 4.78 is 10.6. The average Bonchev–Trinajstić information content (AvgIpc) is 2.70. The zero-order valence-electron chi connectivity index (χ0n) is 19.7. The minimum Gasteiger partial charge on any atom is -0.497 e. The number of piperidine rings is 1. The summed E-state index contributed by atoms with van der Waals surface area (Å²) in [5.74, 6) is 0.397. The summed E-state index contributed by atoms with van der Waals surface area (Å²) in [5, 5.41) is 0. The molecule has 0 bridgehead atoms. The number of benzene rings is 1. The highest BCUT2D eigenvalue weighted by atomic mass is 16.6. The minimum absolute atomic E-state index is 0.183. The van der Waals surface area contributed by atoms with Gasteiger partial charge in [0.2, 0.25) is 5.91 Å². The van der Waals surface area contributed by atoms with Gasteiger partial charge in [-0.25, -0.2) is 9.59 Å². The van der Waals surface area contributed by atoms with E-state index in [1.54, 1.807) is 36.1 Å². The van der Waals surface area contributed by atoms with E-state index in [1.807, 2.05) is 39.8 Å². The van der Waals surface area contributed by atoms with Crippen LogP contribution >= 0.6 is 0 Å². The Balaban J connectivity index is 2.05. The molecule has 4 amide bonds. The van der Waals surface area contributed by atoms with Crippen molar-refractivity contribution in [1.29, 1.82) is 0 Å². The number of urea groups is 1. The van der Waals surface area contributed by atoms with Crippen molar-refractivity contribution in [1.82, 2.24) is 14.7 Å². The molecule has 0 aromatic heterocycles. The van der Waals surface area contributed by atoms with Crippen LogP contribution < -0.4 is 4.74 Å². The maximum absolute atomic E-state index is 13.2. The molecular formula is C23H35N3O5. The van der Waals surface area contributed by atoms with Crippen LogP contribution in [0.15, 0.2) is 24.3 Å². The topological polar surface area (TPSA) is 79.4 Å². The van der Waals surface area contributed by atoms with Gasteiger partial charge in [0.15, 0.2) is 0 Å². The lowest BCUT2D eigenvalue weighted by Gasteiger charge is -2.46. The monoisotopic (exact) mass is 433 g/mol. The Bertz CT molecular complexity index is 792. The van der Waals surface area contributed by atoms with E-state index in [9.17, 15) is 14.4 Å². The minimum atomic E-state index is -0.548. The molecule has 0 atom stereocenters. The molecule has 1 aliphatic heterocycles. The summed E-state index contributed by atoms with van der Waals surface area (Å²) in [5.41, 5.74) is -0.181. The van der Waals surface area contributed by atoms with Gasteiger partial charge in [-0.05, 0) is 58.2 Å². The second-order valence-electron chi connectivity index (χ2n) is 9.26. The summed E-state index contributed by atoms with van der Waals surface area (Å²) in [6.07, 6.45) is 0.860. The average molecular weight is 434 g/mol. The molecule has 1 heterocycles. The summed E-state index contributed by atoms with van der Waals surface area (Å²) in [6.45, 7) is 10.1. The summed E-state index contributed by atoms with van der Waals surface area (Å²) in [4.78, 5) is 42.4. The molecule has 1 fully saturated rings. The van der Waals surface area contributed by atoms with Crippen LogP contribution in [0.5, 0.6) is 5.75 Å². The van der Waals surface area contributed by atoms with E-state index in [0.717, 1.165) is 5.56 Å². The van der Waals surface area contributed by atoms with Crippen LogP contribution in [0.3, 0.4) is 0 Å². The van der Waals surface area contributed by atoms with Gasteiger partial charge in [0.25, 0.3) is 0 Å². The molecule has 0 aliphatic carbocycles. The van der Waals surface area contributed by atoms with E-state index in [2.05, 4.69) is 0 Å². The zero-order chi connectivity index (χ0) is 23.4. The maximum Gasteiger partial charge on any atom is 0.410 e. The Hall–Kier alpha value is -2.77. The van der Waals surface area contributed by atoms with E-state index in [4.69, 9.17) is 9.47 Å². The number of amides is 4. The predicted molar refractivity (Wildman–Crippen MR) is 118 cm³/mol. The highest BCUT2D eigenvalue weighted by Crippen LogP contribution is 2.29. The molecule has 0 spiro atoms. The lowest BCUT2D eigenvalue weighted by atomic mass is 9.88. The first-order chi connectivity index (χ1) is 14.4. The number of nitrogens with zero attached hydrogens (tertiary/aromatic N) is 3. The number of methoxy groups -OCH3 is 1. The third kappa shape index (κ3) is 6.35. The quantitative estimate of drug-likeness (QED) is 0.720. The zero-order valence-corrected chi connectivity index (χ0v) is 19.7. The fourth-order valence-corrected chi connectivity index (χ4v) is 3.47. The summed E-state index contributed by atoms with van der Waals surface area (Å²) >= 11 is 0. The molecule has 0 saturated carbocycles. The SMILES string of the molecule is COc1ccc(CN(C(C)=O)C(=O)N(C)C2(C)CCN(C(=O)OC(C)(C)C)CC2)cc1. The Morgan fingerprint density at radius 1 is 1.10 bits per heavy atom. The summed E-state index contributed by atoms with van der Waals surface area (Å²) in [6, 6.07) is 6.92. The Morgan fingerprint density at radius 3 is 2.10 bits per heavy atom. The normalized spacial score (nSPS) is 15.8. The molecule has 8 nitrogen and oxygen atoms in total. The van der Waals surface area contributed by atoms with Crippen molar-refractivity contribution < 1.29 is 23.9 Å². The van der Waals surface area contributed by atoms with Gasteiger partial charge in [0, 0.05) is 32.6 Å². The van der Waals surface area contributed by atoms with Gasteiger partial charge in [-0.1, -0.05) is 12.1 Å². The van der Waals surface area contributed by atoms with Gasteiger partial charge in [-0.3, -0.25) is 9.69 Å². The van der Waals surface area contributed by atoms with E-state index in [1.165, 1.54) is 11.8 Å². The van der Waals surface area contributed by atoms with Crippen molar-refractivity contribution in [2.75, 3.05) is 27.2 Å². The molecule has 2 rings (SSSR count). The van der Waals surface area contributed by atoms with Crippen molar-refractivity contribution in [2.45, 2.75) is 65.1 Å². The van der Waals surface area contributed by atoms with Gasteiger partial charge in [-0.15, -0.1) is 0 Å². The molecule has 0 N–H and O–H groups in total. The van der Waals surface area contributed by atoms with Crippen molar-refractivity contribution in [3.05, 3.63) is 29.8 Å². The van der Waals surface area contributed by atoms with Crippen LogP contribution in [0.4, 0.5) is 9.59 Å². The highest BCUT2D eigenvalue weighted by Gasteiger charge is 2.40. The van der Waals surface area contributed by atoms with Gasteiger partial charge >= 0.3 is 12.1 Å². The van der Waals surface area contributed by atoms with Crippen LogP contribution in [0.25, 0.3) is 0 Å². The predicted octanol–water partition coefficient (Wildman–Crippen LogP) is 3.89. The number of ether oxygens (including phenoxy) is 2.